The number of likely N-dealkylation sites (tertiary alicyclic amines) is 1. The first-order valence-corrected chi connectivity index (χ1v) is 7.86. The standard InChI is InChI=1S/C19H23NO/c21-15-19(17-11-5-2-6-12-17)20-14-8-7-13-18(20)16-9-3-1-4-10-16/h1-6,9-12,18-19,21H,7-8,13-15H2/t18-,19-/m0/s1. The summed E-state index contributed by atoms with van der Waals surface area (Å²) >= 11 is 0. The first-order valence-electron chi connectivity index (χ1n) is 7.86. The highest BCUT2D eigenvalue weighted by Gasteiger charge is 2.30. The van der Waals surface area contributed by atoms with E-state index in [0.29, 0.717) is 6.04 Å². The predicted molar refractivity (Wildman–Crippen MR) is 86.0 cm³/mol. The zero-order valence-electron chi connectivity index (χ0n) is 12.4. The molecule has 0 spiro atoms. The van der Waals surface area contributed by atoms with E-state index in [9.17, 15) is 5.11 Å². The number of benzene rings is 2. The van der Waals surface area contributed by atoms with E-state index < -0.39 is 0 Å². The van der Waals surface area contributed by atoms with Gasteiger partial charge in [-0.25, -0.2) is 0 Å². The quantitative estimate of drug-likeness (QED) is 0.917. The van der Waals surface area contributed by atoms with Gasteiger partial charge in [-0.1, -0.05) is 67.1 Å². The summed E-state index contributed by atoms with van der Waals surface area (Å²) in [7, 11) is 0. The van der Waals surface area contributed by atoms with Gasteiger partial charge in [0.05, 0.1) is 12.6 Å². The van der Waals surface area contributed by atoms with Crippen LogP contribution in [-0.4, -0.2) is 23.2 Å². The maximum absolute atomic E-state index is 9.95. The molecular formula is C19H23NO. The minimum absolute atomic E-state index is 0.0942. The molecule has 3 rings (SSSR count). The van der Waals surface area contributed by atoms with Gasteiger partial charge in [0.25, 0.3) is 0 Å². The Labute approximate surface area is 127 Å². The van der Waals surface area contributed by atoms with Crippen LogP contribution in [0.4, 0.5) is 0 Å². The molecule has 21 heavy (non-hydrogen) atoms. The van der Waals surface area contributed by atoms with Gasteiger partial charge in [-0.15, -0.1) is 0 Å². The minimum Gasteiger partial charge on any atom is -0.394 e. The zero-order chi connectivity index (χ0) is 14.5. The third-order valence-electron chi connectivity index (χ3n) is 4.49. The molecule has 0 saturated carbocycles. The molecule has 2 heteroatoms. The van der Waals surface area contributed by atoms with Gasteiger partial charge in [-0.2, -0.15) is 0 Å². The number of nitrogens with zero attached hydrogens (tertiary/aromatic N) is 1. The van der Waals surface area contributed by atoms with Crippen LogP contribution in [0.3, 0.4) is 0 Å². The molecule has 2 aromatic carbocycles. The van der Waals surface area contributed by atoms with Crippen LogP contribution in [0.5, 0.6) is 0 Å². The Bertz CT molecular complexity index is 499. The molecule has 1 aliphatic heterocycles. The van der Waals surface area contributed by atoms with Gasteiger partial charge in [0.2, 0.25) is 0 Å². The number of hydrogen-bond acceptors (Lipinski definition) is 2. The largest absolute Gasteiger partial charge is 0.394 e. The van der Waals surface area contributed by atoms with Crippen LogP contribution in [0.1, 0.15) is 42.5 Å². The van der Waals surface area contributed by atoms with E-state index in [1.165, 1.54) is 30.4 Å². The smallest absolute Gasteiger partial charge is 0.0628 e. The van der Waals surface area contributed by atoms with E-state index >= 15 is 0 Å². The van der Waals surface area contributed by atoms with E-state index in [1.807, 2.05) is 6.07 Å². The fourth-order valence-corrected chi connectivity index (χ4v) is 3.44. The number of hydrogen-bond donors (Lipinski definition) is 1. The van der Waals surface area contributed by atoms with Crippen LogP contribution in [0, 0.1) is 0 Å². The van der Waals surface area contributed by atoms with Gasteiger partial charge in [-0.05, 0) is 30.5 Å². The Morgan fingerprint density at radius 1 is 0.952 bits per heavy atom. The third kappa shape index (κ3) is 3.17. The lowest BCUT2D eigenvalue weighted by Gasteiger charge is -2.41. The van der Waals surface area contributed by atoms with Gasteiger partial charge in [0.15, 0.2) is 0 Å². The molecule has 2 nitrogen and oxygen atoms in total. The van der Waals surface area contributed by atoms with Crippen LogP contribution in [0.2, 0.25) is 0 Å². The van der Waals surface area contributed by atoms with Gasteiger partial charge < -0.3 is 5.11 Å². The van der Waals surface area contributed by atoms with Crippen LogP contribution >= 0.6 is 0 Å². The van der Waals surface area contributed by atoms with E-state index in [1.54, 1.807) is 0 Å². The third-order valence-corrected chi connectivity index (χ3v) is 4.49. The lowest BCUT2D eigenvalue weighted by molar-refractivity contribution is 0.0558. The second-order valence-corrected chi connectivity index (χ2v) is 5.77. The Morgan fingerprint density at radius 2 is 1.62 bits per heavy atom. The van der Waals surface area contributed by atoms with E-state index in [2.05, 4.69) is 59.5 Å². The fourth-order valence-electron chi connectivity index (χ4n) is 3.44. The number of aliphatic hydroxyl groups is 1. The highest BCUT2D eigenvalue weighted by atomic mass is 16.3. The SMILES string of the molecule is OC[C@@H](c1ccccc1)N1CCCC[C@H]1c1ccccc1. The Balaban J connectivity index is 1.89. The first-order chi connectivity index (χ1) is 10.4. The predicted octanol–water partition coefficient (Wildman–Crippen LogP) is 3.95. The van der Waals surface area contributed by atoms with Crippen molar-refractivity contribution in [2.75, 3.05) is 13.2 Å². The summed E-state index contributed by atoms with van der Waals surface area (Å²) in [6.07, 6.45) is 3.66. The average molecular weight is 281 g/mol. The summed E-state index contributed by atoms with van der Waals surface area (Å²) in [6, 6.07) is 21.6. The number of rotatable bonds is 4. The Hall–Kier alpha value is -1.64. The Morgan fingerprint density at radius 3 is 2.29 bits per heavy atom. The van der Waals surface area contributed by atoms with E-state index in [4.69, 9.17) is 0 Å². The van der Waals surface area contributed by atoms with Gasteiger partial charge in [-0.3, -0.25) is 4.90 Å². The molecule has 0 aromatic heterocycles. The molecule has 0 radical (unpaired) electrons. The monoisotopic (exact) mass is 281 g/mol. The molecule has 2 aromatic rings. The zero-order valence-corrected chi connectivity index (χ0v) is 12.4. The average Bonchev–Trinajstić information content (AvgIpc) is 2.58. The molecule has 2 atom stereocenters. The van der Waals surface area contributed by atoms with Gasteiger partial charge >= 0.3 is 0 Å². The highest BCUT2D eigenvalue weighted by molar-refractivity contribution is 5.23. The second kappa shape index (κ2) is 6.88. The first kappa shape index (κ1) is 14.3. The summed E-state index contributed by atoms with van der Waals surface area (Å²) < 4.78 is 0. The van der Waals surface area contributed by atoms with Crippen molar-refractivity contribution in [3.63, 3.8) is 0 Å². The maximum atomic E-state index is 9.95. The molecule has 1 heterocycles. The van der Waals surface area contributed by atoms with Crippen LogP contribution < -0.4 is 0 Å². The van der Waals surface area contributed by atoms with Gasteiger partial charge in [0, 0.05) is 6.04 Å². The van der Waals surface area contributed by atoms with Crippen molar-refractivity contribution in [2.45, 2.75) is 31.3 Å². The molecule has 0 bridgehead atoms. The minimum atomic E-state index is 0.0942. The van der Waals surface area contributed by atoms with Crippen molar-refractivity contribution in [3.8, 4) is 0 Å². The molecule has 0 amide bonds. The summed E-state index contributed by atoms with van der Waals surface area (Å²) in [6.45, 7) is 1.23. The topological polar surface area (TPSA) is 23.5 Å². The van der Waals surface area contributed by atoms with Crippen molar-refractivity contribution in [2.24, 2.45) is 0 Å². The lowest BCUT2D eigenvalue weighted by Crippen LogP contribution is -2.38. The molecule has 1 fully saturated rings. The van der Waals surface area contributed by atoms with E-state index in [0.717, 1.165) is 6.54 Å². The lowest BCUT2D eigenvalue weighted by atomic mass is 9.92. The van der Waals surface area contributed by atoms with Crippen molar-refractivity contribution in [1.29, 1.82) is 0 Å². The van der Waals surface area contributed by atoms with Crippen LogP contribution in [-0.2, 0) is 0 Å². The summed E-state index contributed by atoms with van der Waals surface area (Å²) in [4.78, 5) is 2.48. The molecule has 0 aliphatic carbocycles. The van der Waals surface area contributed by atoms with E-state index in [-0.39, 0.29) is 12.6 Å². The molecule has 1 N–H and O–H groups in total. The molecule has 0 unspecified atom stereocenters. The van der Waals surface area contributed by atoms with Crippen molar-refractivity contribution < 1.29 is 5.11 Å². The van der Waals surface area contributed by atoms with Crippen molar-refractivity contribution in [3.05, 3.63) is 71.8 Å². The molecule has 110 valence electrons. The summed E-state index contributed by atoms with van der Waals surface area (Å²) in [5.74, 6) is 0. The second-order valence-electron chi connectivity index (χ2n) is 5.77. The van der Waals surface area contributed by atoms with Crippen LogP contribution in [0.15, 0.2) is 60.7 Å². The van der Waals surface area contributed by atoms with Crippen molar-refractivity contribution in [1.82, 2.24) is 4.90 Å². The maximum Gasteiger partial charge on any atom is 0.0628 e. The molecule has 1 aliphatic rings. The fraction of sp³-hybridized carbons (Fsp3) is 0.368. The number of aliphatic hydroxyl groups excluding tert-OH is 1. The summed E-state index contributed by atoms with van der Waals surface area (Å²) in [5, 5.41) is 9.95. The molecule has 1 saturated heterocycles. The highest BCUT2D eigenvalue weighted by Crippen LogP contribution is 2.37. The van der Waals surface area contributed by atoms with Crippen molar-refractivity contribution >= 4 is 0 Å². The molecular weight excluding hydrogens is 258 g/mol. The Kier molecular flexibility index (Phi) is 4.69. The van der Waals surface area contributed by atoms with Crippen LogP contribution in [0.25, 0.3) is 0 Å². The van der Waals surface area contributed by atoms with Gasteiger partial charge in [0.1, 0.15) is 0 Å². The summed E-state index contributed by atoms with van der Waals surface area (Å²) in [5.41, 5.74) is 2.58. The normalized spacial score (nSPS) is 21.1. The number of piperidine rings is 1.